The van der Waals surface area contributed by atoms with Crippen LogP contribution in [-0.4, -0.2) is 22.0 Å². The third kappa shape index (κ3) is 4.01. The van der Waals surface area contributed by atoms with Crippen LogP contribution < -0.4 is 5.32 Å². The van der Waals surface area contributed by atoms with Crippen LogP contribution in [0.3, 0.4) is 0 Å². The molecule has 0 spiro atoms. The highest BCUT2D eigenvalue weighted by molar-refractivity contribution is 7.08. The number of hydrogen-bond acceptors (Lipinski definition) is 4. The van der Waals surface area contributed by atoms with Gasteiger partial charge in [-0.3, -0.25) is 4.79 Å². The molecule has 1 heterocycles. The van der Waals surface area contributed by atoms with Gasteiger partial charge in [0.15, 0.2) is 0 Å². The number of aromatic nitrogens is 2. The summed E-state index contributed by atoms with van der Waals surface area (Å²) >= 11 is 1.06. The second kappa shape index (κ2) is 7.46. The maximum atomic E-state index is 13.0. The van der Waals surface area contributed by atoms with E-state index in [4.69, 9.17) is 0 Å². The zero-order chi connectivity index (χ0) is 16.1. The van der Waals surface area contributed by atoms with Crippen molar-refractivity contribution in [1.29, 1.82) is 0 Å². The molecule has 0 bridgehead atoms. The minimum atomic E-state index is -0.316. The van der Waals surface area contributed by atoms with Crippen molar-refractivity contribution in [3.8, 4) is 11.3 Å². The Morgan fingerprint density at radius 1 is 1.26 bits per heavy atom. The molecule has 1 N–H and O–H groups in total. The summed E-state index contributed by atoms with van der Waals surface area (Å²) < 4.78 is 16.9. The van der Waals surface area contributed by atoms with Crippen molar-refractivity contribution in [3.63, 3.8) is 0 Å². The molecule has 1 aromatic carbocycles. The highest BCUT2D eigenvalue weighted by atomic mass is 32.1. The van der Waals surface area contributed by atoms with E-state index in [1.165, 1.54) is 30.5 Å². The molecule has 0 unspecified atom stereocenters. The van der Waals surface area contributed by atoms with Gasteiger partial charge in [0, 0.05) is 12.1 Å². The van der Waals surface area contributed by atoms with E-state index in [1.807, 2.05) is 0 Å². The molecule has 1 aliphatic carbocycles. The van der Waals surface area contributed by atoms with Gasteiger partial charge < -0.3 is 5.32 Å². The SMILES string of the molecule is O=C(NCCC1=CCCCC1)c1snnc1-c1ccc(F)cc1. The van der Waals surface area contributed by atoms with Gasteiger partial charge in [0.05, 0.1) is 0 Å². The fraction of sp³-hybridized carbons (Fsp3) is 0.353. The summed E-state index contributed by atoms with van der Waals surface area (Å²) in [6.45, 7) is 0.616. The van der Waals surface area contributed by atoms with Crippen LogP contribution in [0.4, 0.5) is 4.39 Å². The molecule has 1 amide bonds. The molecule has 0 radical (unpaired) electrons. The number of nitrogens with zero attached hydrogens (tertiary/aromatic N) is 2. The number of nitrogens with one attached hydrogen (secondary N) is 1. The van der Waals surface area contributed by atoms with Gasteiger partial charge in [-0.1, -0.05) is 16.1 Å². The van der Waals surface area contributed by atoms with Crippen molar-refractivity contribution >= 4 is 17.4 Å². The van der Waals surface area contributed by atoms with Gasteiger partial charge in [-0.15, -0.1) is 5.10 Å². The second-order valence-electron chi connectivity index (χ2n) is 5.57. The first-order chi connectivity index (χ1) is 11.2. The molecule has 6 heteroatoms. The molecule has 4 nitrogen and oxygen atoms in total. The fourth-order valence-electron chi connectivity index (χ4n) is 2.68. The predicted octanol–water partition coefficient (Wildman–Crippen LogP) is 3.96. The van der Waals surface area contributed by atoms with E-state index in [0.717, 1.165) is 30.8 Å². The first-order valence-electron chi connectivity index (χ1n) is 7.78. The Morgan fingerprint density at radius 3 is 2.83 bits per heavy atom. The molecule has 2 aromatic rings. The van der Waals surface area contributed by atoms with Gasteiger partial charge >= 0.3 is 0 Å². The van der Waals surface area contributed by atoms with Crippen LogP contribution in [0.15, 0.2) is 35.9 Å². The molecule has 120 valence electrons. The molecule has 0 fully saturated rings. The number of rotatable bonds is 5. The second-order valence-corrected chi connectivity index (χ2v) is 6.33. The number of carbonyl (C=O) groups excluding carboxylic acids is 1. The van der Waals surface area contributed by atoms with E-state index in [0.29, 0.717) is 22.7 Å². The first kappa shape index (κ1) is 15.8. The van der Waals surface area contributed by atoms with E-state index in [2.05, 4.69) is 21.0 Å². The molecule has 23 heavy (non-hydrogen) atoms. The van der Waals surface area contributed by atoms with Gasteiger partial charge in [0.1, 0.15) is 16.4 Å². The molecule has 0 aliphatic heterocycles. The third-order valence-electron chi connectivity index (χ3n) is 3.93. The van der Waals surface area contributed by atoms with E-state index in [9.17, 15) is 9.18 Å². The lowest BCUT2D eigenvalue weighted by atomic mass is 9.97. The summed E-state index contributed by atoms with van der Waals surface area (Å²) in [5, 5.41) is 6.94. The molecular weight excluding hydrogens is 313 g/mol. The van der Waals surface area contributed by atoms with Gasteiger partial charge in [0.25, 0.3) is 5.91 Å². The van der Waals surface area contributed by atoms with Crippen molar-refractivity contribution in [3.05, 3.63) is 46.6 Å². The topological polar surface area (TPSA) is 54.9 Å². The van der Waals surface area contributed by atoms with Gasteiger partial charge in [0.2, 0.25) is 0 Å². The average Bonchev–Trinajstić information content (AvgIpc) is 3.06. The highest BCUT2D eigenvalue weighted by Crippen LogP contribution is 2.24. The Labute approximate surface area is 138 Å². The molecule has 0 saturated heterocycles. The molecule has 1 aliphatic rings. The Kier molecular flexibility index (Phi) is 5.12. The van der Waals surface area contributed by atoms with Crippen LogP contribution in [0.1, 0.15) is 41.8 Å². The Balaban J connectivity index is 1.63. The molecule has 1 aromatic heterocycles. The average molecular weight is 331 g/mol. The molecule has 3 rings (SSSR count). The van der Waals surface area contributed by atoms with Crippen LogP contribution in [-0.2, 0) is 0 Å². The molecule has 0 atom stereocenters. The van der Waals surface area contributed by atoms with Gasteiger partial charge in [-0.25, -0.2) is 4.39 Å². The minimum absolute atomic E-state index is 0.171. The zero-order valence-corrected chi connectivity index (χ0v) is 13.5. The monoisotopic (exact) mass is 331 g/mol. The number of carbonyl (C=O) groups is 1. The maximum absolute atomic E-state index is 13.0. The lowest BCUT2D eigenvalue weighted by molar-refractivity contribution is 0.0958. The Bertz CT molecular complexity index is 709. The van der Waals surface area contributed by atoms with E-state index < -0.39 is 0 Å². The van der Waals surface area contributed by atoms with Crippen LogP contribution >= 0.6 is 11.5 Å². The Morgan fingerprint density at radius 2 is 2.09 bits per heavy atom. The number of halogens is 1. The molecular formula is C17H18FN3OS. The van der Waals surface area contributed by atoms with Crippen molar-refractivity contribution in [2.24, 2.45) is 0 Å². The summed E-state index contributed by atoms with van der Waals surface area (Å²) in [4.78, 5) is 12.8. The number of allylic oxidation sites excluding steroid dienone is 1. The Hall–Kier alpha value is -2.08. The zero-order valence-electron chi connectivity index (χ0n) is 12.7. The standard InChI is InChI=1S/C17H18FN3OS/c18-14-8-6-13(7-9-14)15-16(23-21-20-15)17(22)19-11-10-12-4-2-1-3-5-12/h4,6-9H,1-3,5,10-11H2,(H,19,22). The highest BCUT2D eigenvalue weighted by Gasteiger charge is 2.17. The lowest BCUT2D eigenvalue weighted by Gasteiger charge is -2.12. The van der Waals surface area contributed by atoms with Gasteiger partial charge in [-0.2, -0.15) is 0 Å². The third-order valence-corrected chi connectivity index (χ3v) is 4.65. The summed E-state index contributed by atoms with van der Waals surface area (Å²) in [7, 11) is 0. The van der Waals surface area contributed by atoms with E-state index >= 15 is 0 Å². The van der Waals surface area contributed by atoms with E-state index in [-0.39, 0.29) is 11.7 Å². The number of benzene rings is 1. The first-order valence-corrected chi connectivity index (χ1v) is 8.56. The number of hydrogen-bond donors (Lipinski definition) is 1. The smallest absolute Gasteiger partial charge is 0.265 e. The largest absolute Gasteiger partial charge is 0.351 e. The summed E-state index contributed by atoms with van der Waals surface area (Å²) in [6.07, 6.45) is 7.98. The summed E-state index contributed by atoms with van der Waals surface area (Å²) in [5.74, 6) is -0.487. The van der Waals surface area contributed by atoms with E-state index in [1.54, 1.807) is 12.1 Å². The van der Waals surface area contributed by atoms with Crippen molar-refractivity contribution < 1.29 is 9.18 Å². The van der Waals surface area contributed by atoms with Crippen LogP contribution in [0.2, 0.25) is 0 Å². The van der Waals surface area contributed by atoms with Crippen LogP contribution in [0.5, 0.6) is 0 Å². The maximum Gasteiger partial charge on any atom is 0.265 e. The summed E-state index contributed by atoms with van der Waals surface area (Å²) in [6, 6.07) is 5.92. The van der Waals surface area contributed by atoms with Crippen molar-refractivity contribution in [2.75, 3.05) is 6.54 Å². The normalized spacial score (nSPS) is 14.4. The van der Waals surface area contributed by atoms with Crippen molar-refractivity contribution in [2.45, 2.75) is 32.1 Å². The predicted molar refractivity (Wildman–Crippen MR) is 88.8 cm³/mol. The number of amides is 1. The van der Waals surface area contributed by atoms with Gasteiger partial charge in [-0.05, 0) is 67.9 Å². The van der Waals surface area contributed by atoms with Crippen LogP contribution in [0, 0.1) is 5.82 Å². The minimum Gasteiger partial charge on any atom is -0.351 e. The van der Waals surface area contributed by atoms with Crippen LogP contribution in [0.25, 0.3) is 11.3 Å². The fourth-order valence-corrected chi connectivity index (χ4v) is 3.29. The quantitative estimate of drug-likeness (QED) is 0.844. The lowest BCUT2D eigenvalue weighted by Crippen LogP contribution is -2.24. The summed E-state index contributed by atoms with van der Waals surface area (Å²) in [5.41, 5.74) is 2.63. The molecule has 0 saturated carbocycles. The van der Waals surface area contributed by atoms with Crippen molar-refractivity contribution in [1.82, 2.24) is 14.9 Å².